The molecular formula is C20H26O2. The van der Waals surface area contributed by atoms with Gasteiger partial charge in [0.1, 0.15) is 0 Å². The Kier molecular flexibility index (Phi) is 2.84. The van der Waals surface area contributed by atoms with E-state index in [4.69, 9.17) is 0 Å². The smallest absolute Gasteiger partial charge is 0.220 e. The summed E-state index contributed by atoms with van der Waals surface area (Å²) < 4.78 is 0. The second-order valence-electron chi connectivity index (χ2n) is 8.50. The number of hydrogen-bond donors (Lipinski definition) is 1. The molecule has 0 aromatic heterocycles. The molecule has 4 rings (SSSR count). The summed E-state index contributed by atoms with van der Waals surface area (Å²) >= 11 is 0. The van der Waals surface area contributed by atoms with Crippen LogP contribution in [0.4, 0.5) is 0 Å². The predicted molar refractivity (Wildman–Crippen MR) is 87.3 cm³/mol. The lowest BCUT2D eigenvalue weighted by atomic mass is 9.48. The molecule has 3 fully saturated rings. The van der Waals surface area contributed by atoms with Crippen LogP contribution in [0.3, 0.4) is 0 Å². The Bertz CT molecular complexity index is 626. The number of carbonyl (C=O) groups excluding carboxylic acids is 1. The fourth-order valence-electron chi connectivity index (χ4n) is 6.29. The number of hydrogen-bond acceptors (Lipinski definition) is 2. The van der Waals surface area contributed by atoms with Crippen molar-refractivity contribution in [1.29, 1.82) is 0 Å². The lowest BCUT2D eigenvalue weighted by Crippen LogP contribution is -2.49. The lowest BCUT2D eigenvalue weighted by molar-refractivity contribution is -0.114. The average molecular weight is 298 g/mol. The predicted octanol–water partition coefficient (Wildman–Crippen LogP) is 4.74. The van der Waals surface area contributed by atoms with Gasteiger partial charge >= 0.3 is 0 Å². The van der Waals surface area contributed by atoms with Gasteiger partial charge < -0.3 is 5.11 Å². The average Bonchev–Trinajstić information content (AvgIpc) is 2.84. The molecule has 2 nitrogen and oxygen atoms in total. The summed E-state index contributed by atoms with van der Waals surface area (Å²) in [6.07, 6.45) is 11.1. The minimum absolute atomic E-state index is 0.0699. The molecular weight excluding hydrogens is 272 g/mol. The Morgan fingerprint density at radius 1 is 1.23 bits per heavy atom. The van der Waals surface area contributed by atoms with E-state index < -0.39 is 0 Å². The van der Waals surface area contributed by atoms with Crippen LogP contribution in [-0.4, -0.2) is 10.9 Å². The van der Waals surface area contributed by atoms with Crippen LogP contribution in [0.1, 0.15) is 52.4 Å². The van der Waals surface area contributed by atoms with Crippen LogP contribution < -0.4 is 0 Å². The molecule has 0 aliphatic heterocycles. The Morgan fingerprint density at radius 2 is 2.00 bits per heavy atom. The van der Waals surface area contributed by atoms with Gasteiger partial charge in [0.25, 0.3) is 0 Å². The monoisotopic (exact) mass is 298 g/mol. The number of rotatable bonds is 0. The van der Waals surface area contributed by atoms with Crippen molar-refractivity contribution in [1.82, 2.24) is 0 Å². The van der Waals surface area contributed by atoms with E-state index in [0.717, 1.165) is 23.5 Å². The summed E-state index contributed by atoms with van der Waals surface area (Å²) in [5.74, 6) is 1.66. The van der Waals surface area contributed by atoms with Crippen LogP contribution in [0.25, 0.3) is 0 Å². The Balaban J connectivity index is 1.79. The highest BCUT2D eigenvalue weighted by Gasteiger charge is 2.56. The third-order valence-corrected chi connectivity index (χ3v) is 7.40. The summed E-state index contributed by atoms with van der Waals surface area (Å²) in [6, 6.07) is 0. The highest BCUT2D eigenvalue weighted by atomic mass is 16.3. The summed E-state index contributed by atoms with van der Waals surface area (Å²) in [4.78, 5) is 11.9. The molecule has 118 valence electrons. The van der Waals surface area contributed by atoms with Crippen molar-refractivity contribution in [2.45, 2.75) is 52.4 Å². The SMILES string of the molecule is C=C1C[C@H]2[C@@H]3CCC[C@@]3(C)CC[C@@H]2[C@@]2(C)C=C(O)C(=O)C=C12. The molecule has 0 aromatic rings. The molecule has 0 spiro atoms. The fraction of sp³-hybridized carbons (Fsp3) is 0.650. The molecule has 3 saturated carbocycles. The molecule has 4 aliphatic rings. The molecule has 0 bridgehead atoms. The minimum atomic E-state index is -0.256. The van der Waals surface area contributed by atoms with E-state index in [1.165, 1.54) is 32.1 Å². The van der Waals surface area contributed by atoms with Crippen LogP contribution in [0.15, 0.2) is 35.6 Å². The van der Waals surface area contributed by atoms with Crippen molar-refractivity contribution in [3.05, 3.63) is 35.6 Å². The summed E-state index contributed by atoms with van der Waals surface area (Å²) in [5.41, 5.74) is 2.51. The molecule has 0 amide bonds. The topological polar surface area (TPSA) is 37.3 Å². The molecule has 2 heteroatoms. The highest BCUT2D eigenvalue weighted by molar-refractivity contribution is 6.04. The summed E-state index contributed by atoms with van der Waals surface area (Å²) in [5, 5.41) is 10.0. The first kappa shape index (κ1) is 14.3. The Morgan fingerprint density at radius 3 is 2.77 bits per heavy atom. The van der Waals surface area contributed by atoms with Gasteiger partial charge in [-0.3, -0.25) is 4.79 Å². The molecule has 0 radical (unpaired) electrons. The Hall–Kier alpha value is -1.31. The zero-order chi connectivity index (χ0) is 15.7. The number of ketones is 1. The van der Waals surface area contributed by atoms with Crippen LogP contribution in [0.2, 0.25) is 0 Å². The van der Waals surface area contributed by atoms with Crippen LogP contribution >= 0.6 is 0 Å². The number of carbonyl (C=O) groups is 1. The fourth-order valence-corrected chi connectivity index (χ4v) is 6.29. The first-order valence-electron chi connectivity index (χ1n) is 8.72. The van der Waals surface area contributed by atoms with Crippen LogP contribution in [0, 0.1) is 28.6 Å². The van der Waals surface area contributed by atoms with Crippen molar-refractivity contribution in [2.75, 3.05) is 0 Å². The van der Waals surface area contributed by atoms with Gasteiger partial charge in [-0.05, 0) is 73.0 Å². The van der Waals surface area contributed by atoms with Crippen LogP contribution in [-0.2, 0) is 4.79 Å². The van der Waals surface area contributed by atoms with Gasteiger partial charge in [-0.1, -0.05) is 32.4 Å². The van der Waals surface area contributed by atoms with Gasteiger partial charge in [-0.15, -0.1) is 0 Å². The number of aliphatic hydroxyl groups is 1. The van der Waals surface area contributed by atoms with Gasteiger partial charge in [0.15, 0.2) is 5.76 Å². The zero-order valence-electron chi connectivity index (χ0n) is 13.7. The van der Waals surface area contributed by atoms with Gasteiger partial charge in [-0.25, -0.2) is 0 Å². The molecule has 0 saturated heterocycles. The van der Waals surface area contributed by atoms with Crippen molar-refractivity contribution >= 4 is 5.78 Å². The quantitative estimate of drug-likeness (QED) is 0.701. The molecule has 0 heterocycles. The number of allylic oxidation sites excluding steroid dienone is 4. The van der Waals surface area contributed by atoms with E-state index in [9.17, 15) is 9.90 Å². The van der Waals surface area contributed by atoms with E-state index in [1.54, 1.807) is 6.08 Å². The van der Waals surface area contributed by atoms with Crippen molar-refractivity contribution in [3.63, 3.8) is 0 Å². The van der Waals surface area contributed by atoms with E-state index in [0.29, 0.717) is 17.3 Å². The van der Waals surface area contributed by atoms with Crippen molar-refractivity contribution in [3.8, 4) is 0 Å². The second-order valence-corrected chi connectivity index (χ2v) is 8.50. The van der Waals surface area contributed by atoms with E-state index >= 15 is 0 Å². The third-order valence-electron chi connectivity index (χ3n) is 7.40. The molecule has 0 unspecified atom stereocenters. The zero-order valence-corrected chi connectivity index (χ0v) is 13.7. The number of aliphatic hydroxyl groups excluding tert-OH is 1. The summed E-state index contributed by atoms with van der Waals surface area (Å²) in [6.45, 7) is 8.99. The molecule has 1 N–H and O–H groups in total. The van der Waals surface area contributed by atoms with E-state index in [2.05, 4.69) is 20.4 Å². The second kappa shape index (κ2) is 4.37. The van der Waals surface area contributed by atoms with E-state index in [-0.39, 0.29) is 17.0 Å². The maximum absolute atomic E-state index is 11.9. The summed E-state index contributed by atoms with van der Waals surface area (Å²) in [7, 11) is 0. The van der Waals surface area contributed by atoms with E-state index in [1.807, 2.05) is 6.08 Å². The first-order valence-corrected chi connectivity index (χ1v) is 8.72. The lowest BCUT2D eigenvalue weighted by Gasteiger charge is -2.56. The first-order chi connectivity index (χ1) is 10.3. The van der Waals surface area contributed by atoms with Gasteiger partial charge in [0, 0.05) is 5.41 Å². The third kappa shape index (κ3) is 1.70. The largest absolute Gasteiger partial charge is 0.504 e. The standard InChI is InChI=1S/C20H26O2/c1-12-9-13-14-5-4-7-19(14,2)8-6-15(13)20(3)11-18(22)17(21)10-16(12)20/h10-11,13-15,22H,1,4-9H2,2-3H3/t13-,14-,15-,19-,20+/m0/s1. The molecule has 4 aliphatic carbocycles. The molecule has 0 aromatic carbocycles. The van der Waals surface area contributed by atoms with Gasteiger partial charge in [0.2, 0.25) is 5.78 Å². The Labute approximate surface area is 133 Å². The van der Waals surface area contributed by atoms with Gasteiger partial charge in [-0.2, -0.15) is 0 Å². The highest BCUT2D eigenvalue weighted by Crippen LogP contribution is 2.65. The number of fused-ring (bicyclic) bond motifs is 5. The van der Waals surface area contributed by atoms with Crippen molar-refractivity contribution in [2.24, 2.45) is 28.6 Å². The molecule has 22 heavy (non-hydrogen) atoms. The maximum atomic E-state index is 11.9. The maximum Gasteiger partial charge on any atom is 0.220 e. The van der Waals surface area contributed by atoms with Gasteiger partial charge in [0.05, 0.1) is 0 Å². The minimum Gasteiger partial charge on any atom is -0.504 e. The van der Waals surface area contributed by atoms with Crippen LogP contribution in [0.5, 0.6) is 0 Å². The van der Waals surface area contributed by atoms with Crippen molar-refractivity contribution < 1.29 is 9.90 Å². The molecule has 5 atom stereocenters. The normalized spacial score (nSPS) is 47.3.